The molecule has 0 N–H and O–H groups in total. The van der Waals surface area contributed by atoms with Gasteiger partial charge in [-0.25, -0.2) is 18.4 Å². The summed E-state index contributed by atoms with van der Waals surface area (Å²) in [7, 11) is -2.96. The van der Waals surface area contributed by atoms with E-state index in [4.69, 9.17) is 0 Å². The summed E-state index contributed by atoms with van der Waals surface area (Å²) in [5.41, 5.74) is 1.98. The van der Waals surface area contributed by atoms with E-state index in [2.05, 4.69) is 9.97 Å². The summed E-state index contributed by atoms with van der Waals surface area (Å²) in [6, 6.07) is 9.81. The maximum absolute atomic E-state index is 11.0. The molecule has 0 aliphatic carbocycles. The summed E-state index contributed by atoms with van der Waals surface area (Å²) in [5.74, 6) is 0.637. The van der Waals surface area contributed by atoms with Crippen LogP contribution in [0, 0.1) is 0 Å². The summed E-state index contributed by atoms with van der Waals surface area (Å²) in [6.07, 6.45) is 5.01. The topological polar surface area (TPSA) is 59.9 Å². The number of hydrogen-bond donors (Lipinski definition) is 0. The average molecular weight is 262 g/mol. The molecule has 1 aromatic carbocycles. The monoisotopic (exact) mass is 262 g/mol. The van der Waals surface area contributed by atoms with Gasteiger partial charge in [0, 0.05) is 30.6 Å². The predicted molar refractivity (Wildman–Crippen MR) is 70.9 cm³/mol. The van der Waals surface area contributed by atoms with Crippen LogP contribution in [0.4, 0.5) is 0 Å². The van der Waals surface area contributed by atoms with E-state index < -0.39 is 9.84 Å². The van der Waals surface area contributed by atoms with E-state index >= 15 is 0 Å². The molecule has 4 nitrogen and oxygen atoms in total. The Hall–Kier alpha value is -1.75. The molecule has 5 heteroatoms. The fraction of sp³-hybridized carbons (Fsp3) is 0.231. The third kappa shape index (κ3) is 3.63. The van der Waals surface area contributed by atoms with Crippen LogP contribution in [0.15, 0.2) is 42.7 Å². The summed E-state index contributed by atoms with van der Waals surface area (Å²) in [5, 5.41) is 0. The predicted octanol–water partition coefficient (Wildman–Crippen LogP) is 1.73. The summed E-state index contributed by atoms with van der Waals surface area (Å²) in [6.45, 7) is 0. The summed E-state index contributed by atoms with van der Waals surface area (Å²) >= 11 is 0. The highest BCUT2D eigenvalue weighted by Gasteiger charge is 2.05. The third-order valence-electron chi connectivity index (χ3n) is 2.51. The number of benzene rings is 1. The highest BCUT2D eigenvalue weighted by Crippen LogP contribution is 2.16. The molecule has 2 rings (SSSR count). The molecular weight excluding hydrogens is 248 g/mol. The van der Waals surface area contributed by atoms with Crippen LogP contribution in [0.3, 0.4) is 0 Å². The number of aryl methyl sites for hydroxylation is 1. The second-order valence-corrected chi connectivity index (χ2v) is 6.39. The number of rotatable bonds is 4. The Morgan fingerprint density at radius 1 is 1.00 bits per heavy atom. The van der Waals surface area contributed by atoms with Gasteiger partial charge in [-0.05, 0) is 5.56 Å². The van der Waals surface area contributed by atoms with Gasteiger partial charge < -0.3 is 0 Å². The number of aromatic nitrogens is 2. The van der Waals surface area contributed by atoms with E-state index in [0.717, 1.165) is 11.1 Å². The standard InChI is InChI=1S/C13H14N2O2S/c1-18(16,17)8-7-13-14-9-12(10-15-13)11-5-3-2-4-6-11/h2-6,9-10H,7-8H2,1H3. The van der Waals surface area contributed by atoms with Crippen LogP contribution in [0.2, 0.25) is 0 Å². The molecule has 1 heterocycles. The Labute approximate surface area is 107 Å². The average Bonchev–Trinajstić information content (AvgIpc) is 2.37. The minimum Gasteiger partial charge on any atom is -0.241 e. The van der Waals surface area contributed by atoms with E-state index in [1.54, 1.807) is 12.4 Å². The van der Waals surface area contributed by atoms with Crippen LogP contribution in [0.1, 0.15) is 5.82 Å². The lowest BCUT2D eigenvalue weighted by molar-refractivity contribution is 0.600. The van der Waals surface area contributed by atoms with Crippen molar-refractivity contribution >= 4 is 9.84 Å². The van der Waals surface area contributed by atoms with E-state index in [1.165, 1.54) is 6.26 Å². The third-order valence-corrected chi connectivity index (χ3v) is 3.45. The minimum atomic E-state index is -2.96. The van der Waals surface area contributed by atoms with Crippen molar-refractivity contribution in [2.24, 2.45) is 0 Å². The molecule has 2 aromatic rings. The molecule has 0 amide bonds. The molecule has 0 fully saturated rings. The largest absolute Gasteiger partial charge is 0.241 e. The molecule has 0 saturated carbocycles. The number of nitrogens with zero attached hydrogens (tertiary/aromatic N) is 2. The van der Waals surface area contributed by atoms with Gasteiger partial charge >= 0.3 is 0 Å². The fourth-order valence-corrected chi connectivity index (χ4v) is 2.09. The zero-order chi connectivity index (χ0) is 13.0. The second-order valence-electron chi connectivity index (χ2n) is 4.13. The van der Waals surface area contributed by atoms with Crippen LogP contribution in [0.25, 0.3) is 11.1 Å². The first-order chi connectivity index (χ1) is 8.54. The maximum atomic E-state index is 11.0. The Balaban J connectivity index is 2.11. The molecule has 1 aromatic heterocycles. The van der Waals surface area contributed by atoms with Crippen molar-refractivity contribution in [3.05, 3.63) is 48.5 Å². The quantitative estimate of drug-likeness (QED) is 0.842. The molecule has 0 unspecified atom stereocenters. The lowest BCUT2D eigenvalue weighted by atomic mass is 10.1. The van der Waals surface area contributed by atoms with Crippen LogP contribution in [-0.2, 0) is 16.3 Å². The van der Waals surface area contributed by atoms with Gasteiger partial charge in [0.25, 0.3) is 0 Å². The molecule has 0 radical (unpaired) electrons. The first-order valence-corrected chi connectivity index (χ1v) is 7.65. The lowest BCUT2D eigenvalue weighted by Crippen LogP contribution is -2.08. The Kier molecular flexibility index (Phi) is 3.72. The van der Waals surface area contributed by atoms with E-state index in [-0.39, 0.29) is 5.75 Å². The SMILES string of the molecule is CS(=O)(=O)CCc1ncc(-c2ccccc2)cn1. The molecule has 0 atom stereocenters. The van der Waals surface area contributed by atoms with Gasteiger partial charge in [-0.1, -0.05) is 30.3 Å². The molecule has 0 saturated heterocycles. The normalized spacial score (nSPS) is 11.4. The van der Waals surface area contributed by atoms with Crippen molar-refractivity contribution in [1.82, 2.24) is 9.97 Å². The van der Waals surface area contributed by atoms with Crippen molar-refractivity contribution in [3.63, 3.8) is 0 Å². The van der Waals surface area contributed by atoms with E-state index in [9.17, 15) is 8.42 Å². The Bertz CT molecular complexity index is 607. The van der Waals surface area contributed by atoms with E-state index in [0.29, 0.717) is 12.2 Å². The number of sulfone groups is 1. The lowest BCUT2D eigenvalue weighted by Gasteiger charge is -2.02. The zero-order valence-electron chi connectivity index (χ0n) is 10.1. The summed E-state index contributed by atoms with van der Waals surface area (Å²) < 4.78 is 22.1. The van der Waals surface area contributed by atoms with Gasteiger partial charge in [0.05, 0.1) is 5.75 Å². The first-order valence-electron chi connectivity index (χ1n) is 5.59. The first kappa shape index (κ1) is 12.7. The van der Waals surface area contributed by atoms with Crippen molar-refractivity contribution in [2.45, 2.75) is 6.42 Å². The van der Waals surface area contributed by atoms with Gasteiger partial charge in [0.1, 0.15) is 15.7 Å². The van der Waals surface area contributed by atoms with Crippen LogP contribution >= 0.6 is 0 Å². The zero-order valence-corrected chi connectivity index (χ0v) is 10.9. The maximum Gasteiger partial charge on any atom is 0.147 e. The van der Waals surface area contributed by atoms with Crippen LogP contribution in [0.5, 0.6) is 0 Å². The van der Waals surface area contributed by atoms with Crippen LogP contribution < -0.4 is 0 Å². The number of hydrogen-bond acceptors (Lipinski definition) is 4. The second kappa shape index (κ2) is 5.27. The van der Waals surface area contributed by atoms with Crippen LogP contribution in [-0.4, -0.2) is 30.4 Å². The van der Waals surface area contributed by atoms with Gasteiger partial charge in [0.2, 0.25) is 0 Å². The molecule has 94 valence electrons. The highest BCUT2D eigenvalue weighted by atomic mass is 32.2. The van der Waals surface area contributed by atoms with E-state index in [1.807, 2.05) is 30.3 Å². The molecule has 0 aliphatic rings. The summed E-state index contributed by atoms with van der Waals surface area (Å²) in [4.78, 5) is 8.37. The van der Waals surface area contributed by atoms with Crippen molar-refractivity contribution in [2.75, 3.05) is 12.0 Å². The van der Waals surface area contributed by atoms with Crippen molar-refractivity contribution < 1.29 is 8.42 Å². The van der Waals surface area contributed by atoms with Crippen molar-refractivity contribution in [1.29, 1.82) is 0 Å². The molecule has 0 bridgehead atoms. The van der Waals surface area contributed by atoms with Gasteiger partial charge in [-0.3, -0.25) is 0 Å². The molecule has 0 aliphatic heterocycles. The highest BCUT2D eigenvalue weighted by molar-refractivity contribution is 7.90. The van der Waals surface area contributed by atoms with Gasteiger partial charge in [-0.15, -0.1) is 0 Å². The molecule has 18 heavy (non-hydrogen) atoms. The minimum absolute atomic E-state index is 0.0810. The molecule has 0 spiro atoms. The molecular formula is C13H14N2O2S. The van der Waals surface area contributed by atoms with Crippen molar-refractivity contribution in [3.8, 4) is 11.1 Å². The van der Waals surface area contributed by atoms with Gasteiger partial charge in [0.15, 0.2) is 0 Å². The smallest absolute Gasteiger partial charge is 0.147 e. The Morgan fingerprint density at radius 2 is 1.61 bits per heavy atom. The Morgan fingerprint density at radius 3 is 2.17 bits per heavy atom. The van der Waals surface area contributed by atoms with Gasteiger partial charge in [-0.2, -0.15) is 0 Å². The fourth-order valence-electron chi connectivity index (χ4n) is 1.54.